The van der Waals surface area contributed by atoms with Gasteiger partial charge in [-0.2, -0.15) is 0 Å². The smallest absolute Gasteiger partial charge is 0.306 e. The van der Waals surface area contributed by atoms with Gasteiger partial charge in [0.05, 0.1) is 25.2 Å². The molecule has 3 unspecified atom stereocenters. The number of hydrogen-bond donors (Lipinski definition) is 3. The molecule has 0 aromatic heterocycles. The van der Waals surface area contributed by atoms with Crippen LogP contribution in [0.5, 0.6) is 0 Å². The van der Waals surface area contributed by atoms with Gasteiger partial charge in [-0.1, -0.05) is 185 Å². The number of carbonyl (C=O) groups excluding carboxylic acids is 2. The van der Waals surface area contributed by atoms with Gasteiger partial charge in [-0.05, 0) is 64.2 Å². The molecule has 0 bridgehead atoms. The molecule has 0 aliphatic rings. The van der Waals surface area contributed by atoms with Crippen molar-refractivity contribution in [1.82, 2.24) is 5.32 Å². The largest absolute Gasteiger partial charge is 0.462 e. The minimum absolute atomic E-state index is 0.0509. The molecule has 0 aliphatic heterocycles. The van der Waals surface area contributed by atoms with E-state index < -0.39 is 18.2 Å². The molecule has 0 radical (unpaired) electrons. The van der Waals surface area contributed by atoms with Gasteiger partial charge in [0, 0.05) is 6.42 Å². The first-order chi connectivity index (χ1) is 26.0. The van der Waals surface area contributed by atoms with Crippen LogP contribution in [0.2, 0.25) is 0 Å². The van der Waals surface area contributed by atoms with E-state index in [1.165, 1.54) is 89.9 Å². The lowest BCUT2D eigenvalue weighted by Gasteiger charge is -2.24. The Morgan fingerprint density at radius 1 is 0.566 bits per heavy atom. The number of aliphatic hydroxyl groups excluding tert-OH is 2. The van der Waals surface area contributed by atoms with Crippen LogP contribution in [0.3, 0.4) is 0 Å². The molecule has 0 rings (SSSR count). The van der Waals surface area contributed by atoms with E-state index in [2.05, 4.69) is 62.5 Å². The molecule has 0 saturated heterocycles. The van der Waals surface area contributed by atoms with Gasteiger partial charge in [0.2, 0.25) is 5.91 Å². The van der Waals surface area contributed by atoms with Crippen molar-refractivity contribution < 1.29 is 24.5 Å². The fourth-order valence-electron chi connectivity index (χ4n) is 6.53. The Hall–Kier alpha value is -2.18. The van der Waals surface area contributed by atoms with Crippen molar-refractivity contribution in [3.63, 3.8) is 0 Å². The SMILES string of the molecule is CC/C=C/C=C/C=C\CCCCCC(CC(=O)NC(CO)C(O)CCCCCCCCCCCCCC)OC(=O)CCCCCCC/C=C\CCCC. The molecule has 0 aromatic carbocycles. The Balaban J connectivity index is 4.63. The van der Waals surface area contributed by atoms with Crippen molar-refractivity contribution in [3.8, 4) is 0 Å². The summed E-state index contributed by atoms with van der Waals surface area (Å²) < 4.78 is 5.87. The molecular weight excluding hydrogens is 659 g/mol. The second kappa shape index (κ2) is 41.0. The Kier molecular flexibility index (Phi) is 39.3. The average Bonchev–Trinajstić information content (AvgIpc) is 3.15. The maximum Gasteiger partial charge on any atom is 0.306 e. The van der Waals surface area contributed by atoms with Gasteiger partial charge < -0.3 is 20.3 Å². The highest BCUT2D eigenvalue weighted by molar-refractivity contribution is 5.77. The van der Waals surface area contributed by atoms with Crippen LogP contribution in [0.4, 0.5) is 0 Å². The normalized spacial score (nSPS) is 13.8. The maximum atomic E-state index is 13.1. The molecule has 6 heteroatoms. The molecule has 0 fully saturated rings. The number of esters is 1. The van der Waals surface area contributed by atoms with Crippen LogP contribution in [0.1, 0.15) is 213 Å². The van der Waals surface area contributed by atoms with E-state index in [4.69, 9.17) is 4.74 Å². The van der Waals surface area contributed by atoms with Gasteiger partial charge >= 0.3 is 5.97 Å². The Labute approximate surface area is 327 Å². The van der Waals surface area contributed by atoms with Crippen molar-refractivity contribution in [2.75, 3.05) is 6.61 Å². The van der Waals surface area contributed by atoms with Crippen molar-refractivity contribution in [3.05, 3.63) is 48.6 Å². The van der Waals surface area contributed by atoms with Gasteiger partial charge in [0.1, 0.15) is 6.10 Å². The molecule has 6 nitrogen and oxygen atoms in total. The van der Waals surface area contributed by atoms with Crippen LogP contribution in [-0.4, -0.2) is 46.9 Å². The van der Waals surface area contributed by atoms with Crippen LogP contribution in [0.25, 0.3) is 0 Å². The summed E-state index contributed by atoms with van der Waals surface area (Å²) in [7, 11) is 0. The van der Waals surface area contributed by atoms with E-state index in [0.717, 1.165) is 77.0 Å². The maximum absolute atomic E-state index is 13.1. The van der Waals surface area contributed by atoms with Crippen molar-refractivity contribution >= 4 is 11.9 Å². The zero-order chi connectivity index (χ0) is 38.9. The van der Waals surface area contributed by atoms with Gasteiger partial charge in [0.15, 0.2) is 0 Å². The molecule has 0 spiro atoms. The minimum atomic E-state index is -0.796. The summed E-state index contributed by atoms with van der Waals surface area (Å²) >= 11 is 0. The number of rotatable bonds is 39. The molecule has 0 heterocycles. The molecule has 308 valence electrons. The molecule has 3 atom stereocenters. The van der Waals surface area contributed by atoms with Crippen LogP contribution in [0, 0.1) is 0 Å². The summed E-state index contributed by atoms with van der Waals surface area (Å²) in [5.41, 5.74) is 0. The van der Waals surface area contributed by atoms with Crippen LogP contribution < -0.4 is 5.32 Å². The molecule has 3 N–H and O–H groups in total. The second-order valence-electron chi connectivity index (χ2n) is 15.1. The molecular formula is C47H85NO5. The first kappa shape index (κ1) is 50.8. The van der Waals surface area contributed by atoms with E-state index in [0.29, 0.717) is 19.3 Å². The lowest BCUT2D eigenvalue weighted by atomic mass is 10.0. The summed E-state index contributed by atoms with van der Waals surface area (Å²) in [5.74, 6) is -0.523. The average molecular weight is 744 g/mol. The third kappa shape index (κ3) is 36.6. The summed E-state index contributed by atoms with van der Waals surface area (Å²) in [6.45, 7) is 6.28. The third-order valence-corrected chi connectivity index (χ3v) is 9.95. The van der Waals surface area contributed by atoms with E-state index in [1.54, 1.807) is 0 Å². The number of allylic oxidation sites excluding steroid dienone is 8. The van der Waals surface area contributed by atoms with E-state index >= 15 is 0 Å². The number of hydrogen-bond acceptors (Lipinski definition) is 5. The van der Waals surface area contributed by atoms with Gasteiger partial charge in [0.25, 0.3) is 0 Å². The number of amides is 1. The zero-order valence-electron chi connectivity index (χ0n) is 34.9. The summed E-state index contributed by atoms with van der Waals surface area (Å²) in [6.07, 6.45) is 47.4. The number of unbranched alkanes of at least 4 members (excludes halogenated alkanes) is 21. The summed E-state index contributed by atoms with van der Waals surface area (Å²) in [4.78, 5) is 25.9. The standard InChI is InChI=1S/C47H85NO5/c1-4-7-10-13-16-19-22-25-27-30-33-36-39-45(50)44(42-49)48-46(51)41-43(38-35-32-29-26-23-20-17-14-11-8-5-2)53-47(52)40-37-34-31-28-24-21-18-15-12-9-6-3/h8,11,14-15,17-18,20,23,43-45,49-50H,4-7,9-10,12-13,16,19,21-22,24-42H2,1-3H3,(H,48,51)/b11-8+,17-14+,18-15-,23-20-. The second-order valence-corrected chi connectivity index (χ2v) is 15.1. The van der Waals surface area contributed by atoms with Crippen molar-refractivity contribution in [2.24, 2.45) is 0 Å². The number of carbonyl (C=O) groups is 2. The quantitative estimate of drug-likeness (QED) is 0.0252. The molecule has 0 aliphatic carbocycles. The van der Waals surface area contributed by atoms with Gasteiger partial charge in [-0.3, -0.25) is 9.59 Å². The van der Waals surface area contributed by atoms with Crippen LogP contribution in [0.15, 0.2) is 48.6 Å². The van der Waals surface area contributed by atoms with E-state index in [9.17, 15) is 19.8 Å². The van der Waals surface area contributed by atoms with Crippen molar-refractivity contribution in [2.45, 2.75) is 232 Å². The highest BCUT2D eigenvalue weighted by Gasteiger charge is 2.24. The number of aliphatic hydroxyl groups is 2. The first-order valence-corrected chi connectivity index (χ1v) is 22.4. The molecule has 0 saturated carbocycles. The van der Waals surface area contributed by atoms with Gasteiger partial charge in [-0.25, -0.2) is 0 Å². The van der Waals surface area contributed by atoms with E-state index in [1.807, 2.05) is 12.2 Å². The van der Waals surface area contributed by atoms with E-state index in [-0.39, 0.29) is 24.9 Å². The molecule has 0 aromatic rings. The lowest BCUT2D eigenvalue weighted by molar-refractivity contribution is -0.151. The van der Waals surface area contributed by atoms with Gasteiger partial charge in [-0.15, -0.1) is 0 Å². The number of ether oxygens (including phenoxy) is 1. The fraction of sp³-hybridized carbons (Fsp3) is 0.787. The zero-order valence-corrected chi connectivity index (χ0v) is 34.9. The monoisotopic (exact) mass is 744 g/mol. The highest BCUT2D eigenvalue weighted by atomic mass is 16.5. The Morgan fingerprint density at radius 3 is 1.66 bits per heavy atom. The Morgan fingerprint density at radius 2 is 1.06 bits per heavy atom. The van der Waals surface area contributed by atoms with Crippen LogP contribution in [-0.2, 0) is 14.3 Å². The predicted octanol–water partition coefficient (Wildman–Crippen LogP) is 12.7. The number of nitrogens with one attached hydrogen (secondary N) is 1. The molecule has 53 heavy (non-hydrogen) atoms. The van der Waals surface area contributed by atoms with Crippen molar-refractivity contribution in [1.29, 1.82) is 0 Å². The first-order valence-electron chi connectivity index (χ1n) is 22.4. The predicted molar refractivity (Wildman–Crippen MR) is 227 cm³/mol. The highest BCUT2D eigenvalue weighted by Crippen LogP contribution is 2.17. The minimum Gasteiger partial charge on any atom is -0.462 e. The summed E-state index contributed by atoms with van der Waals surface area (Å²) in [6, 6.07) is -0.711. The lowest BCUT2D eigenvalue weighted by Crippen LogP contribution is -2.46. The summed E-state index contributed by atoms with van der Waals surface area (Å²) in [5, 5.41) is 23.6. The Bertz CT molecular complexity index is 926. The van der Waals surface area contributed by atoms with Crippen LogP contribution >= 0.6 is 0 Å². The fourth-order valence-corrected chi connectivity index (χ4v) is 6.53. The topological polar surface area (TPSA) is 95.9 Å². The molecule has 1 amide bonds. The third-order valence-electron chi connectivity index (χ3n) is 9.95.